The molecule has 26 heavy (non-hydrogen) atoms. The van der Waals surface area contributed by atoms with Crippen LogP contribution in [0.3, 0.4) is 0 Å². The molecule has 0 saturated carbocycles. The standard InChI is InChI=1S/C19H30N2O5/c1-4-25-17-14-15(10-11-20-18(22)8-9-19(23)24)6-7-16(17)26-13-5-12-21(2)3/h6-7,14H,4-5,8-13H2,1-3H3,(H,20,22)(H,23,24). The van der Waals surface area contributed by atoms with E-state index in [1.165, 1.54) is 0 Å². The first-order chi connectivity index (χ1) is 12.4. The number of carbonyl (C=O) groups is 2. The van der Waals surface area contributed by atoms with E-state index >= 15 is 0 Å². The molecule has 7 heteroatoms. The van der Waals surface area contributed by atoms with Crippen molar-refractivity contribution in [3.63, 3.8) is 0 Å². The van der Waals surface area contributed by atoms with Crippen LogP contribution >= 0.6 is 0 Å². The van der Waals surface area contributed by atoms with Crippen LogP contribution in [-0.4, -0.2) is 62.3 Å². The first-order valence-corrected chi connectivity index (χ1v) is 8.94. The highest BCUT2D eigenvalue weighted by Gasteiger charge is 2.08. The summed E-state index contributed by atoms with van der Waals surface area (Å²) in [6.45, 7) is 4.50. The van der Waals surface area contributed by atoms with E-state index in [4.69, 9.17) is 14.6 Å². The summed E-state index contributed by atoms with van der Waals surface area (Å²) < 4.78 is 11.5. The van der Waals surface area contributed by atoms with Gasteiger partial charge in [-0.1, -0.05) is 6.07 Å². The number of benzene rings is 1. The zero-order chi connectivity index (χ0) is 19.4. The molecule has 1 aromatic carbocycles. The Bertz CT molecular complexity index is 575. The predicted octanol–water partition coefficient (Wildman–Crippen LogP) is 1.94. The van der Waals surface area contributed by atoms with Gasteiger partial charge in [-0.05, 0) is 51.6 Å². The van der Waals surface area contributed by atoms with Crippen molar-refractivity contribution in [3.05, 3.63) is 23.8 Å². The molecule has 1 rings (SSSR count). The highest BCUT2D eigenvalue weighted by atomic mass is 16.5. The molecule has 0 aliphatic rings. The predicted molar refractivity (Wildman–Crippen MR) is 99.9 cm³/mol. The Morgan fingerprint density at radius 1 is 1.15 bits per heavy atom. The van der Waals surface area contributed by atoms with E-state index in [2.05, 4.69) is 10.2 Å². The summed E-state index contributed by atoms with van der Waals surface area (Å²) >= 11 is 0. The van der Waals surface area contributed by atoms with Crippen molar-refractivity contribution in [1.29, 1.82) is 0 Å². The van der Waals surface area contributed by atoms with Gasteiger partial charge in [0.25, 0.3) is 0 Å². The van der Waals surface area contributed by atoms with Crippen LogP contribution in [0.1, 0.15) is 31.7 Å². The molecule has 0 unspecified atom stereocenters. The molecular weight excluding hydrogens is 336 g/mol. The van der Waals surface area contributed by atoms with Gasteiger partial charge in [0.2, 0.25) is 5.91 Å². The average molecular weight is 366 g/mol. The zero-order valence-corrected chi connectivity index (χ0v) is 15.9. The van der Waals surface area contributed by atoms with Crippen molar-refractivity contribution in [1.82, 2.24) is 10.2 Å². The van der Waals surface area contributed by atoms with Crippen molar-refractivity contribution in [2.24, 2.45) is 0 Å². The summed E-state index contributed by atoms with van der Waals surface area (Å²) in [4.78, 5) is 24.1. The lowest BCUT2D eigenvalue weighted by Gasteiger charge is -2.15. The van der Waals surface area contributed by atoms with Crippen LogP contribution in [0.15, 0.2) is 18.2 Å². The van der Waals surface area contributed by atoms with Gasteiger partial charge in [-0.2, -0.15) is 0 Å². The van der Waals surface area contributed by atoms with Crippen molar-refractivity contribution in [3.8, 4) is 11.5 Å². The first-order valence-electron chi connectivity index (χ1n) is 8.94. The number of nitrogens with one attached hydrogen (secondary N) is 1. The summed E-state index contributed by atoms with van der Waals surface area (Å²) in [5.74, 6) is 0.202. The molecule has 146 valence electrons. The van der Waals surface area contributed by atoms with E-state index in [0.717, 1.165) is 24.3 Å². The maximum atomic E-state index is 11.5. The van der Waals surface area contributed by atoms with Crippen LogP contribution < -0.4 is 14.8 Å². The molecular formula is C19H30N2O5. The second kappa shape index (κ2) is 12.1. The molecule has 0 aliphatic carbocycles. The van der Waals surface area contributed by atoms with Gasteiger partial charge in [0.1, 0.15) is 0 Å². The normalized spacial score (nSPS) is 10.6. The number of ether oxygens (including phenoxy) is 2. The van der Waals surface area contributed by atoms with Gasteiger partial charge in [0.15, 0.2) is 11.5 Å². The lowest BCUT2D eigenvalue weighted by atomic mass is 10.1. The second-order valence-electron chi connectivity index (χ2n) is 6.21. The molecule has 0 fully saturated rings. The fraction of sp³-hybridized carbons (Fsp3) is 0.579. The Labute approximate surface area is 155 Å². The number of rotatable bonds is 13. The van der Waals surface area contributed by atoms with Crippen LogP contribution in [0, 0.1) is 0 Å². The number of carboxylic acids is 1. The Morgan fingerprint density at radius 2 is 1.92 bits per heavy atom. The number of carboxylic acid groups (broad SMARTS) is 1. The van der Waals surface area contributed by atoms with Crippen molar-refractivity contribution in [2.75, 3.05) is 40.4 Å². The van der Waals surface area contributed by atoms with Gasteiger partial charge < -0.3 is 24.8 Å². The van der Waals surface area contributed by atoms with E-state index in [1.807, 2.05) is 39.2 Å². The van der Waals surface area contributed by atoms with E-state index in [1.54, 1.807) is 0 Å². The van der Waals surface area contributed by atoms with Gasteiger partial charge in [-0.25, -0.2) is 0 Å². The Hall–Kier alpha value is -2.28. The largest absolute Gasteiger partial charge is 0.490 e. The van der Waals surface area contributed by atoms with E-state index in [-0.39, 0.29) is 18.7 Å². The molecule has 0 saturated heterocycles. The van der Waals surface area contributed by atoms with Gasteiger partial charge in [-0.3, -0.25) is 9.59 Å². The molecule has 0 bridgehead atoms. The minimum Gasteiger partial charge on any atom is -0.490 e. The van der Waals surface area contributed by atoms with E-state index in [9.17, 15) is 9.59 Å². The molecule has 1 amide bonds. The summed E-state index contributed by atoms with van der Waals surface area (Å²) in [5.41, 5.74) is 1.02. The number of carbonyl (C=O) groups excluding carboxylic acids is 1. The maximum absolute atomic E-state index is 11.5. The Morgan fingerprint density at radius 3 is 2.58 bits per heavy atom. The van der Waals surface area contributed by atoms with Crippen molar-refractivity contribution >= 4 is 11.9 Å². The third-order valence-corrected chi connectivity index (χ3v) is 3.62. The topological polar surface area (TPSA) is 88.1 Å². The third-order valence-electron chi connectivity index (χ3n) is 3.62. The molecule has 0 aliphatic heterocycles. The van der Waals surface area contributed by atoms with Gasteiger partial charge in [0, 0.05) is 19.5 Å². The van der Waals surface area contributed by atoms with Crippen LogP contribution in [0.5, 0.6) is 11.5 Å². The molecule has 0 atom stereocenters. The average Bonchev–Trinajstić information content (AvgIpc) is 2.58. The minimum absolute atomic E-state index is 0.000739. The summed E-state index contributed by atoms with van der Waals surface area (Å²) in [6.07, 6.45) is 1.42. The molecule has 2 N–H and O–H groups in total. The number of aliphatic carboxylic acids is 1. The van der Waals surface area contributed by atoms with Crippen LogP contribution in [0.25, 0.3) is 0 Å². The van der Waals surface area contributed by atoms with Gasteiger partial charge >= 0.3 is 5.97 Å². The Kier molecular flexibility index (Phi) is 10.2. The summed E-state index contributed by atoms with van der Waals surface area (Å²) in [7, 11) is 4.06. The molecule has 1 aromatic rings. The minimum atomic E-state index is -0.970. The van der Waals surface area contributed by atoms with Crippen LogP contribution in [0.2, 0.25) is 0 Å². The lowest BCUT2D eigenvalue weighted by Crippen LogP contribution is -2.26. The van der Waals surface area contributed by atoms with Crippen molar-refractivity contribution in [2.45, 2.75) is 32.6 Å². The van der Waals surface area contributed by atoms with Crippen LogP contribution in [-0.2, 0) is 16.0 Å². The number of amides is 1. The quantitative estimate of drug-likeness (QED) is 0.519. The molecule has 0 aromatic heterocycles. The highest BCUT2D eigenvalue weighted by molar-refractivity contribution is 5.80. The second-order valence-corrected chi connectivity index (χ2v) is 6.21. The summed E-state index contributed by atoms with van der Waals surface area (Å²) in [5, 5.41) is 11.3. The van der Waals surface area contributed by atoms with Crippen LogP contribution in [0.4, 0.5) is 0 Å². The SMILES string of the molecule is CCOc1cc(CCNC(=O)CCC(=O)O)ccc1OCCCN(C)C. The highest BCUT2D eigenvalue weighted by Crippen LogP contribution is 2.28. The monoisotopic (exact) mass is 366 g/mol. The first kappa shape index (κ1) is 21.8. The molecule has 7 nitrogen and oxygen atoms in total. The van der Waals surface area contributed by atoms with E-state index < -0.39 is 5.97 Å². The fourth-order valence-electron chi connectivity index (χ4n) is 2.31. The summed E-state index contributed by atoms with van der Waals surface area (Å²) in [6, 6.07) is 5.77. The lowest BCUT2D eigenvalue weighted by molar-refractivity contribution is -0.138. The number of hydrogen-bond donors (Lipinski definition) is 2. The van der Waals surface area contributed by atoms with Gasteiger partial charge in [0.05, 0.1) is 19.6 Å². The molecule has 0 spiro atoms. The number of hydrogen-bond acceptors (Lipinski definition) is 5. The third kappa shape index (κ3) is 9.27. The smallest absolute Gasteiger partial charge is 0.303 e. The van der Waals surface area contributed by atoms with E-state index in [0.29, 0.717) is 31.9 Å². The maximum Gasteiger partial charge on any atom is 0.303 e. The molecule has 0 heterocycles. The molecule has 0 radical (unpaired) electrons. The van der Waals surface area contributed by atoms with Gasteiger partial charge in [-0.15, -0.1) is 0 Å². The van der Waals surface area contributed by atoms with Crippen molar-refractivity contribution < 1.29 is 24.2 Å². The number of nitrogens with zero attached hydrogens (tertiary/aromatic N) is 1. The zero-order valence-electron chi connectivity index (χ0n) is 15.9. The fourth-order valence-corrected chi connectivity index (χ4v) is 2.31. The Balaban J connectivity index is 2.50.